The first-order valence-electron chi connectivity index (χ1n) is 7.85. The molecule has 1 heterocycles. The Bertz CT molecular complexity index is 672. The molecule has 0 radical (unpaired) electrons. The van der Waals surface area contributed by atoms with Crippen LogP contribution in [0.5, 0.6) is 0 Å². The van der Waals surface area contributed by atoms with Gasteiger partial charge in [0.25, 0.3) is 0 Å². The third kappa shape index (κ3) is 6.51. The summed E-state index contributed by atoms with van der Waals surface area (Å²) in [5, 5.41) is 3.55. The van der Waals surface area contributed by atoms with E-state index in [0.29, 0.717) is 42.0 Å². The van der Waals surface area contributed by atoms with Crippen LogP contribution >= 0.6 is 36.4 Å². The number of nitrogens with one attached hydrogen (secondary N) is 1. The highest BCUT2D eigenvalue weighted by atomic mass is 35.5. The molecule has 1 atom stereocenters. The number of hydrogen-bond acceptors (Lipinski definition) is 4. The molecule has 8 heteroatoms. The van der Waals surface area contributed by atoms with Crippen LogP contribution in [0.3, 0.4) is 0 Å². The van der Waals surface area contributed by atoms with Crippen LogP contribution < -0.4 is 11.1 Å². The Kier molecular flexibility index (Phi) is 8.73. The van der Waals surface area contributed by atoms with Gasteiger partial charge in [-0.05, 0) is 43.0 Å². The number of amides is 1. The summed E-state index contributed by atoms with van der Waals surface area (Å²) in [6.45, 7) is 0.547. The molecule has 2 aromatic rings. The van der Waals surface area contributed by atoms with Gasteiger partial charge in [0.2, 0.25) is 5.91 Å². The van der Waals surface area contributed by atoms with Crippen molar-refractivity contribution in [1.29, 1.82) is 0 Å². The molecule has 1 aromatic carbocycles. The van der Waals surface area contributed by atoms with Crippen molar-refractivity contribution in [1.82, 2.24) is 10.3 Å². The molecular formula is C17H22Cl3N3O2. The molecule has 1 unspecified atom stereocenters. The maximum atomic E-state index is 11.8. The molecule has 0 bridgehead atoms. The monoisotopic (exact) mass is 405 g/mol. The summed E-state index contributed by atoms with van der Waals surface area (Å²) >= 11 is 5.86. The van der Waals surface area contributed by atoms with Crippen molar-refractivity contribution in [2.75, 3.05) is 6.54 Å². The molecule has 1 fully saturated rings. The number of hydrogen-bond donors (Lipinski definition) is 2. The number of halogens is 3. The maximum absolute atomic E-state index is 11.8. The highest BCUT2D eigenvalue weighted by Crippen LogP contribution is 2.31. The Morgan fingerprint density at radius 3 is 2.64 bits per heavy atom. The van der Waals surface area contributed by atoms with Crippen LogP contribution in [-0.4, -0.2) is 23.5 Å². The van der Waals surface area contributed by atoms with Crippen molar-refractivity contribution in [3.8, 4) is 11.3 Å². The van der Waals surface area contributed by atoms with Gasteiger partial charge >= 0.3 is 0 Å². The molecule has 3 rings (SSSR count). The zero-order valence-corrected chi connectivity index (χ0v) is 16.0. The molecule has 5 nitrogen and oxygen atoms in total. The average Bonchev–Trinajstić information content (AvgIpc) is 3.30. The van der Waals surface area contributed by atoms with E-state index in [1.807, 2.05) is 12.1 Å². The molecule has 1 aliphatic carbocycles. The fourth-order valence-electron chi connectivity index (χ4n) is 2.41. The summed E-state index contributed by atoms with van der Waals surface area (Å²) < 4.78 is 5.67. The molecule has 1 saturated carbocycles. The summed E-state index contributed by atoms with van der Waals surface area (Å²) in [7, 11) is 0. The Hall–Kier alpha value is -1.27. The quantitative estimate of drug-likeness (QED) is 0.736. The van der Waals surface area contributed by atoms with E-state index < -0.39 is 0 Å². The zero-order valence-electron chi connectivity index (χ0n) is 13.6. The normalized spacial score (nSPS) is 14.2. The lowest BCUT2D eigenvalue weighted by Crippen LogP contribution is -2.38. The van der Waals surface area contributed by atoms with E-state index >= 15 is 0 Å². The smallest absolute Gasteiger partial charge is 0.220 e. The first-order valence-corrected chi connectivity index (χ1v) is 8.22. The number of oxazole rings is 1. The van der Waals surface area contributed by atoms with Crippen LogP contribution in [0.4, 0.5) is 0 Å². The first-order chi connectivity index (χ1) is 11.1. The lowest BCUT2D eigenvalue weighted by Gasteiger charge is -2.10. The van der Waals surface area contributed by atoms with Crippen LogP contribution in [0, 0.1) is 5.92 Å². The molecule has 1 aliphatic rings. The molecule has 1 aromatic heterocycles. The summed E-state index contributed by atoms with van der Waals surface area (Å²) in [4.78, 5) is 16.0. The molecule has 0 aliphatic heterocycles. The SMILES string of the molecule is Cl.Cl.NC(CNC(=O)CCc1ncc(-c2ccc(Cl)cc2)o1)C1CC1. The lowest BCUT2D eigenvalue weighted by atomic mass is 10.2. The molecule has 3 N–H and O–H groups in total. The van der Waals surface area contributed by atoms with Crippen molar-refractivity contribution in [2.45, 2.75) is 31.7 Å². The van der Waals surface area contributed by atoms with Crippen LogP contribution in [0.1, 0.15) is 25.2 Å². The van der Waals surface area contributed by atoms with Crippen LogP contribution in [0.25, 0.3) is 11.3 Å². The van der Waals surface area contributed by atoms with E-state index in [-0.39, 0.29) is 36.8 Å². The number of carbonyl (C=O) groups excluding carboxylic acids is 1. The van der Waals surface area contributed by atoms with E-state index in [9.17, 15) is 4.79 Å². The Morgan fingerprint density at radius 2 is 2.00 bits per heavy atom. The largest absolute Gasteiger partial charge is 0.441 e. The second-order valence-corrected chi connectivity index (χ2v) is 6.37. The minimum Gasteiger partial charge on any atom is -0.441 e. The molecule has 25 heavy (non-hydrogen) atoms. The standard InChI is InChI=1S/C17H20ClN3O2.2ClH/c18-13-5-3-12(4-6-13)15-10-21-17(23-15)8-7-16(22)20-9-14(19)11-1-2-11;;/h3-6,10-11,14H,1-2,7-9,19H2,(H,20,22);2*1H. The Balaban J connectivity index is 0.00000156. The van der Waals surface area contributed by atoms with Gasteiger partial charge in [-0.15, -0.1) is 24.8 Å². The van der Waals surface area contributed by atoms with Crippen molar-refractivity contribution in [3.63, 3.8) is 0 Å². The van der Waals surface area contributed by atoms with Crippen LogP contribution in [-0.2, 0) is 11.2 Å². The zero-order chi connectivity index (χ0) is 16.2. The summed E-state index contributed by atoms with van der Waals surface area (Å²) in [6.07, 6.45) is 4.84. The van der Waals surface area contributed by atoms with E-state index in [4.69, 9.17) is 21.8 Å². The van der Waals surface area contributed by atoms with Gasteiger partial charge < -0.3 is 15.5 Å². The first kappa shape index (κ1) is 21.8. The minimum atomic E-state index is -0.0210. The number of nitrogens with zero attached hydrogens (tertiary/aromatic N) is 1. The fraction of sp³-hybridized carbons (Fsp3) is 0.412. The molecule has 0 spiro atoms. The number of aryl methyl sites for hydroxylation is 1. The lowest BCUT2D eigenvalue weighted by molar-refractivity contribution is -0.121. The number of benzene rings is 1. The van der Waals surface area contributed by atoms with Gasteiger partial charge in [0.05, 0.1) is 6.20 Å². The fourth-order valence-corrected chi connectivity index (χ4v) is 2.53. The van der Waals surface area contributed by atoms with Gasteiger partial charge in [0, 0.05) is 36.0 Å². The van der Waals surface area contributed by atoms with E-state index in [0.717, 1.165) is 5.56 Å². The average molecular weight is 407 g/mol. The number of aromatic nitrogens is 1. The van der Waals surface area contributed by atoms with E-state index in [1.165, 1.54) is 12.8 Å². The number of carbonyl (C=O) groups is 1. The molecule has 138 valence electrons. The minimum absolute atomic E-state index is 0. The van der Waals surface area contributed by atoms with Crippen LogP contribution in [0.2, 0.25) is 5.02 Å². The van der Waals surface area contributed by atoms with Gasteiger partial charge in [0.1, 0.15) is 0 Å². The Morgan fingerprint density at radius 1 is 1.32 bits per heavy atom. The van der Waals surface area contributed by atoms with Crippen molar-refractivity contribution in [2.24, 2.45) is 11.7 Å². The summed E-state index contributed by atoms with van der Waals surface area (Å²) in [5.74, 6) is 1.79. The number of rotatable bonds is 7. The second kappa shape index (κ2) is 10.0. The van der Waals surface area contributed by atoms with Gasteiger partial charge in [0.15, 0.2) is 11.7 Å². The maximum Gasteiger partial charge on any atom is 0.220 e. The van der Waals surface area contributed by atoms with Gasteiger partial charge in [-0.1, -0.05) is 11.6 Å². The number of nitrogens with two attached hydrogens (primary N) is 1. The summed E-state index contributed by atoms with van der Waals surface area (Å²) in [5.41, 5.74) is 6.87. The van der Waals surface area contributed by atoms with Gasteiger partial charge in [-0.2, -0.15) is 0 Å². The molecule has 1 amide bonds. The Labute approximate surface area is 164 Å². The molecular weight excluding hydrogens is 385 g/mol. The predicted molar refractivity (Wildman–Crippen MR) is 103 cm³/mol. The van der Waals surface area contributed by atoms with Crippen LogP contribution in [0.15, 0.2) is 34.9 Å². The third-order valence-corrected chi connectivity index (χ3v) is 4.26. The van der Waals surface area contributed by atoms with E-state index in [2.05, 4.69) is 10.3 Å². The topological polar surface area (TPSA) is 81.1 Å². The predicted octanol–water partition coefficient (Wildman–Crippen LogP) is 3.62. The van der Waals surface area contributed by atoms with Gasteiger partial charge in [-0.3, -0.25) is 4.79 Å². The summed E-state index contributed by atoms with van der Waals surface area (Å²) in [6, 6.07) is 7.43. The van der Waals surface area contributed by atoms with Crippen molar-refractivity contribution < 1.29 is 9.21 Å². The highest BCUT2D eigenvalue weighted by Gasteiger charge is 2.28. The molecule has 0 saturated heterocycles. The van der Waals surface area contributed by atoms with Gasteiger partial charge in [-0.25, -0.2) is 4.98 Å². The van der Waals surface area contributed by atoms with Crippen molar-refractivity contribution >= 4 is 42.3 Å². The van der Waals surface area contributed by atoms with Crippen molar-refractivity contribution in [3.05, 3.63) is 41.4 Å². The second-order valence-electron chi connectivity index (χ2n) is 5.93. The highest BCUT2D eigenvalue weighted by molar-refractivity contribution is 6.30. The van der Waals surface area contributed by atoms with E-state index in [1.54, 1.807) is 18.3 Å². The third-order valence-electron chi connectivity index (χ3n) is 4.01.